The third kappa shape index (κ3) is 14.5. The highest BCUT2D eigenvalue weighted by Gasteiger charge is 2.31. The van der Waals surface area contributed by atoms with Crippen molar-refractivity contribution in [1.82, 2.24) is 19.8 Å². The number of nitrogens with zero attached hydrogens (tertiary/aromatic N) is 2. The molecule has 20 heteroatoms. The third-order valence-electron chi connectivity index (χ3n) is 13.1. The number of piperidine rings is 2. The van der Waals surface area contributed by atoms with E-state index in [0.29, 0.717) is 50.2 Å². The number of aromatic amines is 2. The molecule has 2 aliphatic heterocycles. The molecule has 4 aromatic heterocycles. The number of H-pyrrole nitrogens is 2. The van der Waals surface area contributed by atoms with E-state index < -0.39 is 36.1 Å². The van der Waals surface area contributed by atoms with Crippen LogP contribution in [0.3, 0.4) is 0 Å². The fourth-order valence-electron chi connectivity index (χ4n) is 9.38. The second kappa shape index (κ2) is 25.8. The number of carboxylic acids is 4. The Morgan fingerprint density at radius 2 is 0.959 bits per heavy atom. The number of halogens is 2. The van der Waals surface area contributed by atoms with Gasteiger partial charge in [-0.2, -0.15) is 0 Å². The number of carbonyl (C=O) groups is 4. The molecular formula is C54H58Cl2N4O12S2. The van der Waals surface area contributed by atoms with Gasteiger partial charge in [0.15, 0.2) is 0 Å². The number of aliphatic carboxylic acids is 4. The molecule has 2 fully saturated rings. The van der Waals surface area contributed by atoms with E-state index in [4.69, 9.17) is 72.3 Å². The number of likely N-dealkylation sites (tertiary alicyclic amines) is 2. The summed E-state index contributed by atoms with van der Waals surface area (Å²) in [5.41, 5.74) is 2.09. The number of hydrogen-bond donors (Lipinski definition) is 8. The number of aliphatic hydroxyl groups is 2. The lowest BCUT2D eigenvalue weighted by molar-refractivity contribution is -0.159. The van der Waals surface area contributed by atoms with Crippen LogP contribution >= 0.6 is 45.9 Å². The number of carboxylic acid groups (broad SMARTS) is 4. The predicted molar refractivity (Wildman–Crippen MR) is 290 cm³/mol. The molecule has 74 heavy (non-hydrogen) atoms. The zero-order valence-electron chi connectivity index (χ0n) is 40.5. The molecule has 4 aromatic carbocycles. The van der Waals surface area contributed by atoms with Gasteiger partial charge in [0.2, 0.25) is 0 Å². The van der Waals surface area contributed by atoms with E-state index in [1.807, 2.05) is 108 Å². The fourth-order valence-corrected chi connectivity index (χ4v) is 12.4. The zero-order valence-corrected chi connectivity index (χ0v) is 43.7. The molecule has 0 bridgehead atoms. The lowest BCUT2D eigenvalue weighted by atomic mass is 9.90. The monoisotopic (exact) mass is 1090 g/mol. The largest absolute Gasteiger partial charge is 0.490 e. The number of benzene rings is 4. The number of thiophene rings is 2. The molecule has 0 spiro atoms. The normalized spacial score (nSPS) is 18.8. The minimum atomic E-state index is -1.82. The molecule has 0 aliphatic carbocycles. The summed E-state index contributed by atoms with van der Waals surface area (Å²) < 4.78 is 14.4. The summed E-state index contributed by atoms with van der Waals surface area (Å²) in [6, 6.07) is 33.6. The first-order valence-electron chi connectivity index (χ1n) is 24.0. The van der Waals surface area contributed by atoms with Gasteiger partial charge in [-0.25, -0.2) is 19.2 Å². The highest BCUT2D eigenvalue weighted by atomic mass is 35.5. The molecule has 0 amide bonds. The van der Waals surface area contributed by atoms with Gasteiger partial charge in [-0.05, 0) is 137 Å². The zero-order chi connectivity index (χ0) is 53.1. The van der Waals surface area contributed by atoms with Crippen molar-refractivity contribution in [2.45, 2.75) is 75.7 Å². The summed E-state index contributed by atoms with van der Waals surface area (Å²) >= 11 is 16.5. The van der Waals surface area contributed by atoms with Crippen molar-refractivity contribution >= 4 is 112 Å². The van der Waals surface area contributed by atoms with Gasteiger partial charge in [0, 0.05) is 99.3 Å². The minimum Gasteiger partial charge on any atom is -0.490 e. The first-order chi connectivity index (χ1) is 35.4. The Morgan fingerprint density at radius 3 is 1.31 bits per heavy atom. The van der Waals surface area contributed by atoms with E-state index >= 15 is 0 Å². The van der Waals surface area contributed by atoms with Crippen LogP contribution in [0.5, 0.6) is 11.5 Å². The highest BCUT2D eigenvalue weighted by Crippen LogP contribution is 2.42. The minimum absolute atomic E-state index is 0.297. The lowest BCUT2D eigenvalue weighted by Gasteiger charge is -2.38. The summed E-state index contributed by atoms with van der Waals surface area (Å²) in [6.07, 6.45) is 7.18. The van der Waals surface area contributed by atoms with Gasteiger partial charge in [-0.3, -0.25) is 9.80 Å². The van der Waals surface area contributed by atoms with Gasteiger partial charge in [0.25, 0.3) is 0 Å². The summed E-state index contributed by atoms with van der Waals surface area (Å²) in [5.74, 6) is -4.56. The number of nitrogens with one attached hydrogen (secondary N) is 2. The van der Waals surface area contributed by atoms with Crippen LogP contribution in [0.15, 0.2) is 109 Å². The summed E-state index contributed by atoms with van der Waals surface area (Å²) in [5, 5.41) is 56.9. The smallest absolute Gasteiger partial charge is 0.414 e. The first-order valence-corrected chi connectivity index (χ1v) is 26.3. The van der Waals surface area contributed by atoms with E-state index in [9.17, 15) is 10.2 Å². The Bertz CT molecular complexity index is 2960. The van der Waals surface area contributed by atoms with Crippen molar-refractivity contribution in [1.29, 1.82) is 0 Å². The van der Waals surface area contributed by atoms with Crippen LogP contribution in [-0.2, 0) is 19.2 Å². The topological polar surface area (TPSA) is 246 Å². The van der Waals surface area contributed by atoms with Crippen LogP contribution in [0.2, 0.25) is 10.0 Å². The van der Waals surface area contributed by atoms with Gasteiger partial charge in [0.1, 0.15) is 36.9 Å². The van der Waals surface area contributed by atoms with Crippen molar-refractivity contribution in [2.24, 2.45) is 0 Å². The van der Waals surface area contributed by atoms with Crippen LogP contribution in [0.1, 0.15) is 61.1 Å². The predicted octanol–water partition coefficient (Wildman–Crippen LogP) is 10.4. The van der Waals surface area contributed by atoms with Gasteiger partial charge in [-0.15, -0.1) is 22.7 Å². The molecule has 0 saturated carbocycles. The fraction of sp³-hybridized carbons (Fsp3) is 0.333. The Labute approximate surface area is 444 Å². The average Bonchev–Trinajstić information content (AvgIpc) is 4.22. The summed E-state index contributed by atoms with van der Waals surface area (Å²) in [7, 11) is 0. The second-order valence-corrected chi connectivity index (χ2v) is 21.3. The Balaban J connectivity index is 0.000000177. The van der Waals surface area contributed by atoms with Crippen molar-refractivity contribution in [2.75, 3.05) is 39.4 Å². The Hall–Kier alpha value is -6.22. The molecule has 392 valence electrons. The number of fused-ring (bicyclic) bond motifs is 4. The molecule has 8 aromatic rings. The van der Waals surface area contributed by atoms with E-state index in [1.54, 1.807) is 0 Å². The molecule has 0 radical (unpaired) electrons. The maximum atomic E-state index is 10.6. The van der Waals surface area contributed by atoms with Gasteiger partial charge in [-0.1, -0.05) is 47.5 Å². The van der Waals surface area contributed by atoms with E-state index in [0.717, 1.165) is 82.1 Å². The van der Waals surface area contributed by atoms with Gasteiger partial charge in [0.05, 0.1) is 0 Å². The molecule has 8 N–H and O–H groups in total. The maximum absolute atomic E-state index is 10.6. The summed E-state index contributed by atoms with van der Waals surface area (Å²) in [4.78, 5) is 50.4. The van der Waals surface area contributed by atoms with E-state index in [-0.39, 0.29) is 0 Å². The van der Waals surface area contributed by atoms with E-state index in [2.05, 4.69) is 57.9 Å². The van der Waals surface area contributed by atoms with Crippen molar-refractivity contribution < 1.29 is 59.3 Å². The van der Waals surface area contributed by atoms with Crippen LogP contribution < -0.4 is 9.47 Å². The lowest BCUT2D eigenvalue weighted by Crippen LogP contribution is -2.45. The second-order valence-electron chi connectivity index (χ2n) is 18.3. The molecule has 6 heterocycles. The van der Waals surface area contributed by atoms with Crippen LogP contribution in [0.4, 0.5) is 0 Å². The average molecular weight is 1090 g/mol. The van der Waals surface area contributed by atoms with Crippen molar-refractivity contribution in [3.63, 3.8) is 0 Å². The molecule has 16 nitrogen and oxygen atoms in total. The number of hydrogen-bond acceptors (Lipinski definition) is 12. The SMILES string of the molecule is C[C@@H]1C[C@H](c2cc3c(Cl)cccc3s2)CCN1C[C@H](O)COc1cccc2[nH]ccc12.C[C@H]1C[C@@H](c2cc3c(Cl)cccc3s2)CCN1C[C@H](O)COc1cccc2[nH]ccc12.O=C(O)C(=O)O.O=C(O)C(=O)O. The quantitative estimate of drug-likeness (QED) is 0.0531. The number of rotatable bonds is 12. The molecule has 6 atom stereocenters. The third-order valence-corrected chi connectivity index (χ3v) is 16.3. The molecule has 2 aliphatic rings. The summed E-state index contributed by atoms with van der Waals surface area (Å²) in [6.45, 7) is 8.36. The highest BCUT2D eigenvalue weighted by molar-refractivity contribution is 7.19. The molecular weight excluding hydrogens is 1030 g/mol. The van der Waals surface area contributed by atoms with Crippen LogP contribution in [-0.4, -0.2) is 138 Å². The van der Waals surface area contributed by atoms with Crippen molar-refractivity contribution in [3.8, 4) is 11.5 Å². The number of aromatic nitrogens is 2. The Kier molecular flexibility index (Phi) is 19.4. The van der Waals surface area contributed by atoms with Crippen LogP contribution in [0, 0.1) is 0 Å². The maximum Gasteiger partial charge on any atom is 0.414 e. The first kappa shape index (κ1) is 55.5. The molecule has 2 saturated heterocycles. The number of ether oxygens (including phenoxy) is 2. The van der Waals surface area contributed by atoms with Gasteiger partial charge < -0.3 is 50.1 Å². The Morgan fingerprint density at radius 1 is 0.581 bits per heavy atom. The van der Waals surface area contributed by atoms with Crippen LogP contribution in [0.25, 0.3) is 42.0 Å². The van der Waals surface area contributed by atoms with Gasteiger partial charge >= 0.3 is 23.9 Å². The number of aliphatic hydroxyl groups excluding tert-OH is 2. The van der Waals surface area contributed by atoms with Crippen molar-refractivity contribution in [3.05, 3.63) is 129 Å². The molecule has 10 rings (SSSR count). The standard InChI is InChI=1S/2C25H27ClN2O2S.2C2H2O4/c2*1-16-12-17(25-13-20-21(26)4-2-7-24(20)31-25)9-11-28(16)14-18(29)15-30-23-6-3-5-22-19(23)8-10-27-22;2*3-1(4)2(5)6/h2*2-8,10,13,16-18,27,29H,9,11-12,14-15H2,1H3;2*(H,3,4)(H,5,6)/t16-,17-,18+;16-,17-,18-;;/m10../s1. The number of β-amino-alcohol motifs (C(OH)–C–C–N with tert-alkyl or cyclic N) is 2. The van der Waals surface area contributed by atoms with E-state index in [1.165, 1.54) is 29.9 Å². The molecule has 0 unspecified atom stereocenters.